The van der Waals surface area contributed by atoms with Crippen LogP contribution in [-0.2, 0) is 6.54 Å². The molecule has 2 rings (SSSR count). The minimum absolute atomic E-state index is 0.182. The highest BCUT2D eigenvalue weighted by Gasteiger charge is 2.10. The van der Waals surface area contributed by atoms with Crippen LogP contribution in [0.1, 0.15) is 29.2 Å². The van der Waals surface area contributed by atoms with E-state index in [0.29, 0.717) is 12.3 Å². The lowest BCUT2D eigenvalue weighted by Gasteiger charge is -2.12. The number of aromatic hydroxyl groups is 1. The van der Waals surface area contributed by atoms with Crippen molar-refractivity contribution in [3.8, 4) is 5.75 Å². The Bertz CT molecular complexity index is 542. The molecule has 0 saturated heterocycles. The number of hydrogen-bond donors (Lipinski definition) is 2. The summed E-state index contributed by atoms with van der Waals surface area (Å²) in [6.45, 7) is 4.69. The quantitative estimate of drug-likeness (QED) is 0.898. The van der Waals surface area contributed by atoms with Crippen molar-refractivity contribution in [3.63, 3.8) is 0 Å². The standard InChI is InChI=1S/C13H15BrN2OS/c1-8-7-18-13(16-8)9(2)15-6-10-4-3-5-11(14)12(10)17/h3-5,7,9,15,17H,6H2,1-2H3. The first-order chi connectivity index (χ1) is 8.58. The van der Waals surface area contributed by atoms with Crippen molar-refractivity contribution < 1.29 is 5.11 Å². The number of aryl methyl sites for hydroxylation is 1. The van der Waals surface area contributed by atoms with Crippen molar-refractivity contribution in [2.24, 2.45) is 0 Å². The third kappa shape index (κ3) is 3.10. The number of halogens is 1. The zero-order chi connectivity index (χ0) is 13.1. The predicted molar refractivity (Wildman–Crippen MR) is 77.9 cm³/mol. The van der Waals surface area contributed by atoms with Gasteiger partial charge >= 0.3 is 0 Å². The molecule has 0 radical (unpaired) electrons. The van der Waals surface area contributed by atoms with Gasteiger partial charge in [-0.3, -0.25) is 0 Å². The first-order valence-electron chi connectivity index (χ1n) is 5.69. The number of para-hydroxylation sites is 1. The molecule has 2 aromatic rings. The molecule has 0 aliphatic carbocycles. The Morgan fingerprint density at radius 3 is 2.94 bits per heavy atom. The minimum Gasteiger partial charge on any atom is -0.506 e. The number of nitrogens with zero attached hydrogens (tertiary/aromatic N) is 1. The number of phenols is 1. The van der Waals surface area contributed by atoms with Crippen LogP contribution in [0.15, 0.2) is 28.1 Å². The highest BCUT2D eigenvalue weighted by Crippen LogP contribution is 2.28. The maximum absolute atomic E-state index is 9.89. The first kappa shape index (κ1) is 13.5. The van der Waals surface area contributed by atoms with Crippen molar-refractivity contribution in [2.75, 3.05) is 0 Å². The molecule has 0 spiro atoms. The van der Waals surface area contributed by atoms with Gasteiger partial charge in [0.2, 0.25) is 0 Å². The molecule has 0 fully saturated rings. The summed E-state index contributed by atoms with van der Waals surface area (Å²) >= 11 is 4.97. The Balaban J connectivity index is 2.01. The van der Waals surface area contributed by atoms with E-state index < -0.39 is 0 Å². The van der Waals surface area contributed by atoms with E-state index in [4.69, 9.17) is 0 Å². The monoisotopic (exact) mass is 326 g/mol. The Labute approximate surface area is 119 Å². The molecular weight excluding hydrogens is 312 g/mol. The molecule has 96 valence electrons. The third-order valence-electron chi connectivity index (χ3n) is 2.68. The van der Waals surface area contributed by atoms with Crippen LogP contribution < -0.4 is 5.32 Å². The van der Waals surface area contributed by atoms with Crippen molar-refractivity contribution in [3.05, 3.63) is 44.3 Å². The number of thiazole rings is 1. The molecule has 0 aliphatic rings. The van der Waals surface area contributed by atoms with E-state index in [0.717, 1.165) is 20.7 Å². The van der Waals surface area contributed by atoms with E-state index in [-0.39, 0.29) is 6.04 Å². The summed E-state index contributed by atoms with van der Waals surface area (Å²) in [5, 5.41) is 16.4. The maximum atomic E-state index is 9.89. The molecule has 1 heterocycles. The number of nitrogens with one attached hydrogen (secondary N) is 1. The summed E-state index contributed by atoms with van der Waals surface area (Å²) in [6.07, 6.45) is 0. The first-order valence-corrected chi connectivity index (χ1v) is 7.37. The summed E-state index contributed by atoms with van der Waals surface area (Å²) in [6, 6.07) is 5.83. The smallest absolute Gasteiger partial charge is 0.134 e. The molecule has 0 saturated carbocycles. The molecule has 1 unspecified atom stereocenters. The molecule has 2 N–H and O–H groups in total. The van der Waals surface area contributed by atoms with Crippen LogP contribution in [0.3, 0.4) is 0 Å². The Morgan fingerprint density at radius 2 is 2.28 bits per heavy atom. The molecule has 5 heteroatoms. The fraction of sp³-hybridized carbons (Fsp3) is 0.308. The van der Waals surface area contributed by atoms with Crippen LogP contribution >= 0.6 is 27.3 Å². The van der Waals surface area contributed by atoms with Gasteiger partial charge in [-0.05, 0) is 35.8 Å². The molecule has 0 bridgehead atoms. The van der Waals surface area contributed by atoms with Crippen molar-refractivity contribution in [1.29, 1.82) is 0 Å². The number of phenolic OH excluding ortho intramolecular Hbond substituents is 1. The summed E-state index contributed by atoms with van der Waals surface area (Å²) < 4.78 is 0.722. The number of hydrogen-bond acceptors (Lipinski definition) is 4. The van der Waals surface area contributed by atoms with Gasteiger partial charge in [-0.15, -0.1) is 11.3 Å². The van der Waals surface area contributed by atoms with E-state index >= 15 is 0 Å². The Kier molecular flexibility index (Phi) is 4.37. The van der Waals surface area contributed by atoms with Crippen molar-refractivity contribution in [1.82, 2.24) is 10.3 Å². The molecule has 1 aromatic heterocycles. The fourth-order valence-electron chi connectivity index (χ4n) is 1.62. The molecular formula is C13H15BrN2OS. The van der Waals surface area contributed by atoms with Gasteiger partial charge < -0.3 is 10.4 Å². The fourth-order valence-corrected chi connectivity index (χ4v) is 2.86. The molecule has 3 nitrogen and oxygen atoms in total. The zero-order valence-corrected chi connectivity index (χ0v) is 12.7. The highest BCUT2D eigenvalue weighted by atomic mass is 79.9. The van der Waals surface area contributed by atoms with Crippen LogP contribution in [0.2, 0.25) is 0 Å². The molecule has 1 aromatic carbocycles. The van der Waals surface area contributed by atoms with Gasteiger partial charge in [-0.25, -0.2) is 4.98 Å². The maximum Gasteiger partial charge on any atom is 0.134 e. The average Bonchev–Trinajstić information content (AvgIpc) is 2.77. The second kappa shape index (κ2) is 5.82. The van der Waals surface area contributed by atoms with E-state index in [9.17, 15) is 5.11 Å². The summed E-state index contributed by atoms with van der Waals surface area (Å²) in [5.74, 6) is 0.299. The van der Waals surface area contributed by atoms with Crippen molar-refractivity contribution in [2.45, 2.75) is 26.4 Å². The van der Waals surface area contributed by atoms with Gasteiger partial charge in [0, 0.05) is 23.2 Å². The van der Waals surface area contributed by atoms with Gasteiger partial charge in [-0.2, -0.15) is 0 Å². The van der Waals surface area contributed by atoms with Gasteiger partial charge in [-0.1, -0.05) is 12.1 Å². The van der Waals surface area contributed by atoms with Crippen LogP contribution in [-0.4, -0.2) is 10.1 Å². The molecule has 18 heavy (non-hydrogen) atoms. The predicted octanol–water partition coefficient (Wildman–Crippen LogP) is 3.77. The molecule has 0 aliphatic heterocycles. The van der Waals surface area contributed by atoms with Gasteiger partial charge in [0.15, 0.2) is 0 Å². The third-order valence-corrected chi connectivity index (χ3v) is 4.46. The van der Waals surface area contributed by atoms with Gasteiger partial charge in [0.1, 0.15) is 10.8 Å². The highest BCUT2D eigenvalue weighted by molar-refractivity contribution is 9.10. The number of aromatic nitrogens is 1. The van der Waals surface area contributed by atoms with Gasteiger partial charge in [0.05, 0.1) is 10.5 Å². The second-order valence-corrected chi connectivity index (χ2v) is 5.92. The largest absolute Gasteiger partial charge is 0.506 e. The second-order valence-electron chi connectivity index (χ2n) is 4.18. The lowest BCUT2D eigenvalue weighted by Crippen LogP contribution is -2.18. The van der Waals surface area contributed by atoms with E-state index in [2.05, 4.69) is 33.2 Å². The Morgan fingerprint density at radius 1 is 1.50 bits per heavy atom. The molecule has 0 amide bonds. The molecule has 1 atom stereocenters. The van der Waals surface area contributed by atoms with Gasteiger partial charge in [0.25, 0.3) is 0 Å². The van der Waals surface area contributed by atoms with Crippen LogP contribution in [0, 0.1) is 6.92 Å². The van der Waals surface area contributed by atoms with E-state index in [1.54, 1.807) is 11.3 Å². The summed E-state index contributed by atoms with van der Waals surface area (Å²) in [7, 11) is 0. The average molecular weight is 327 g/mol. The van der Waals surface area contributed by atoms with Crippen molar-refractivity contribution >= 4 is 27.3 Å². The normalized spacial score (nSPS) is 12.6. The topological polar surface area (TPSA) is 45.1 Å². The minimum atomic E-state index is 0.182. The van der Waals surface area contributed by atoms with Crippen LogP contribution in [0.5, 0.6) is 5.75 Å². The van der Waals surface area contributed by atoms with E-state index in [1.807, 2.05) is 30.5 Å². The summed E-state index contributed by atoms with van der Waals surface area (Å²) in [5.41, 5.74) is 1.93. The lowest BCUT2D eigenvalue weighted by atomic mass is 10.2. The van der Waals surface area contributed by atoms with Crippen LogP contribution in [0.4, 0.5) is 0 Å². The zero-order valence-electron chi connectivity index (χ0n) is 10.3. The summed E-state index contributed by atoms with van der Waals surface area (Å²) in [4.78, 5) is 4.45. The van der Waals surface area contributed by atoms with Crippen LogP contribution in [0.25, 0.3) is 0 Å². The number of rotatable bonds is 4. The SMILES string of the molecule is Cc1csc(C(C)NCc2cccc(Br)c2O)n1. The Hall–Kier alpha value is -0.910. The number of benzene rings is 1. The van der Waals surface area contributed by atoms with E-state index in [1.165, 1.54) is 0 Å². The lowest BCUT2D eigenvalue weighted by molar-refractivity contribution is 0.457.